The first-order chi connectivity index (χ1) is 18.8. The van der Waals surface area contributed by atoms with Crippen molar-refractivity contribution in [1.82, 2.24) is 0 Å². The second-order valence-corrected chi connectivity index (χ2v) is 9.34. The van der Waals surface area contributed by atoms with Crippen LogP contribution in [0.5, 0.6) is 11.5 Å². The number of carbonyl (C=O) groups excluding carboxylic acids is 1. The van der Waals surface area contributed by atoms with Gasteiger partial charge in [0.15, 0.2) is 23.2 Å². The Morgan fingerprint density at radius 3 is 2.28 bits per heavy atom. The summed E-state index contributed by atoms with van der Waals surface area (Å²) in [6.45, 7) is 6.21. The molecule has 0 aliphatic heterocycles. The van der Waals surface area contributed by atoms with Gasteiger partial charge in [-0.3, -0.25) is 0 Å². The van der Waals surface area contributed by atoms with Gasteiger partial charge in [-0.05, 0) is 80.3 Å². The molecule has 0 unspecified atom stereocenters. The molecule has 1 aliphatic carbocycles. The first-order valence-electron chi connectivity index (χ1n) is 13.0. The van der Waals surface area contributed by atoms with Gasteiger partial charge in [0.05, 0.1) is 18.3 Å². The number of ether oxygens (including phenoxy) is 3. The Bertz CT molecular complexity index is 1320. The van der Waals surface area contributed by atoms with E-state index in [1.807, 2.05) is 6.92 Å². The third-order valence-corrected chi connectivity index (χ3v) is 6.85. The Labute approximate surface area is 225 Å². The second kappa shape index (κ2) is 12.9. The van der Waals surface area contributed by atoms with Gasteiger partial charge in [0.2, 0.25) is 5.82 Å². The van der Waals surface area contributed by atoms with Crippen LogP contribution in [0.4, 0.5) is 17.6 Å². The fourth-order valence-electron chi connectivity index (χ4n) is 4.80. The Hall–Kier alpha value is -3.65. The van der Waals surface area contributed by atoms with Crippen LogP contribution in [0.25, 0.3) is 11.1 Å². The van der Waals surface area contributed by atoms with Crippen molar-refractivity contribution in [2.75, 3.05) is 13.2 Å². The smallest absolute Gasteiger partial charge is 0.346 e. The summed E-state index contributed by atoms with van der Waals surface area (Å²) in [5.41, 5.74) is 0.197. The van der Waals surface area contributed by atoms with E-state index in [1.54, 1.807) is 18.2 Å². The molecule has 1 fully saturated rings. The highest BCUT2D eigenvalue weighted by molar-refractivity contribution is 5.91. The average Bonchev–Trinajstić information content (AvgIpc) is 2.94. The Morgan fingerprint density at radius 2 is 1.62 bits per heavy atom. The maximum absolute atomic E-state index is 15.1. The summed E-state index contributed by atoms with van der Waals surface area (Å²) in [7, 11) is 0. The van der Waals surface area contributed by atoms with Crippen LogP contribution in [0, 0.1) is 23.3 Å². The molecule has 3 aromatic carbocycles. The molecule has 0 amide bonds. The van der Waals surface area contributed by atoms with Gasteiger partial charge in [-0.2, -0.15) is 4.39 Å². The van der Waals surface area contributed by atoms with Crippen LogP contribution in [0.2, 0.25) is 0 Å². The van der Waals surface area contributed by atoms with Gasteiger partial charge in [0, 0.05) is 12.2 Å². The maximum atomic E-state index is 15.1. The Balaban J connectivity index is 1.44. The lowest BCUT2D eigenvalue weighted by atomic mass is 9.82. The van der Waals surface area contributed by atoms with E-state index in [-0.39, 0.29) is 35.7 Å². The van der Waals surface area contributed by atoms with Crippen molar-refractivity contribution in [2.45, 2.75) is 51.0 Å². The van der Waals surface area contributed by atoms with Crippen molar-refractivity contribution in [2.24, 2.45) is 0 Å². The van der Waals surface area contributed by atoms with Gasteiger partial charge in [-0.25, -0.2) is 18.0 Å². The molecule has 0 aromatic heterocycles. The minimum atomic E-state index is -1.39. The average molecular weight is 543 g/mol. The van der Waals surface area contributed by atoms with E-state index >= 15 is 8.78 Å². The molecule has 0 radical (unpaired) electrons. The zero-order valence-corrected chi connectivity index (χ0v) is 21.7. The normalized spacial score (nSPS) is 17.1. The minimum Gasteiger partial charge on any atom is -0.490 e. The Morgan fingerprint density at radius 1 is 0.897 bits per heavy atom. The van der Waals surface area contributed by atoms with Crippen LogP contribution < -0.4 is 9.47 Å². The molecule has 1 saturated carbocycles. The minimum absolute atomic E-state index is 0.0263. The van der Waals surface area contributed by atoms with Gasteiger partial charge in [0.25, 0.3) is 0 Å². The molecule has 1 aliphatic rings. The van der Waals surface area contributed by atoms with Crippen LogP contribution in [0.1, 0.15) is 60.9 Å². The SMILES string of the molecule is C=CCCOc1ccc(C(=O)Oc2ccc(-c3ccc(C4CCC(OCC)CC4)c(F)c3F)cc2)c(F)c1F. The van der Waals surface area contributed by atoms with Crippen LogP contribution >= 0.6 is 0 Å². The van der Waals surface area contributed by atoms with E-state index in [2.05, 4.69) is 6.58 Å². The topological polar surface area (TPSA) is 44.8 Å². The monoisotopic (exact) mass is 542 g/mol. The summed E-state index contributed by atoms with van der Waals surface area (Å²) >= 11 is 0. The zero-order valence-electron chi connectivity index (χ0n) is 21.7. The number of hydrogen-bond donors (Lipinski definition) is 0. The molecule has 4 rings (SSSR count). The summed E-state index contributed by atoms with van der Waals surface area (Å²) in [5, 5.41) is 0. The molecule has 206 valence electrons. The highest BCUT2D eigenvalue weighted by Crippen LogP contribution is 2.38. The first-order valence-corrected chi connectivity index (χ1v) is 13.0. The van der Waals surface area contributed by atoms with Crippen molar-refractivity contribution in [3.8, 4) is 22.6 Å². The lowest BCUT2D eigenvalue weighted by Gasteiger charge is -2.29. The van der Waals surface area contributed by atoms with Crippen LogP contribution in [-0.4, -0.2) is 25.3 Å². The molecule has 0 atom stereocenters. The summed E-state index contributed by atoms with van der Waals surface area (Å²) in [4.78, 5) is 12.5. The molecule has 3 aromatic rings. The molecule has 0 bridgehead atoms. The van der Waals surface area contributed by atoms with E-state index in [0.717, 1.165) is 37.8 Å². The summed E-state index contributed by atoms with van der Waals surface area (Å²) in [6, 6.07) is 11.0. The number of rotatable bonds is 10. The van der Waals surface area contributed by atoms with E-state index in [0.29, 0.717) is 24.2 Å². The lowest BCUT2D eigenvalue weighted by molar-refractivity contribution is 0.0325. The number of carbonyl (C=O) groups is 1. The molecule has 0 saturated heterocycles. The molecular formula is C31H30F4O4. The fraction of sp³-hybridized carbons (Fsp3) is 0.323. The number of benzene rings is 3. The van der Waals surface area contributed by atoms with Crippen molar-refractivity contribution in [3.63, 3.8) is 0 Å². The standard InChI is InChI=1S/C31H30F4O4/c1-3-5-18-38-26-17-16-25(29(34)30(26)35)31(36)39-22-12-8-20(9-13-22)24-15-14-23(27(32)28(24)33)19-6-10-21(11-7-19)37-4-2/h3,8-9,12-17,19,21H,1,4-7,10-11,18H2,2H3. The maximum Gasteiger partial charge on any atom is 0.346 e. The van der Waals surface area contributed by atoms with E-state index in [9.17, 15) is 13.6 Å². The lowest BCUT2D eigenvalue weighted by Crippen LogP contribution is -2.21. The van der Waals surface area contributed by atoms with Crippen molar-refractivity contribution in [1.29, 1.82) is 0 Å². The van der Waals surface area contributed by atoms with Crippen LogP contribution in [0.3, 0.4) is 0 Å². The quantitative estimate of drug-likeness (QED) is 0.0853. The first kappa shape index (κ1) is 28.4. The zero-order chi connectivity index (χ0) is 27.9. The third-order valence-electron chi connectivity index (χ3n) is 6.85. The van der Waals surface area contributed by atoms with Crippen molar-refractivity contribution < 1.29 is 36.6 Å². The predicted molar refractivity (Wildman–Crippen MR) is 140 cm³/mol. The fourth-order valence-corrected chi connectivity index (χ4v) is 4.80. The Kier molecular flexibility index (Phi) is 9.41. The summed E-state index contributed by atoms with van der Waals surface area (Å²) < 4.78 is 74.8. The predicted octanol–water partition coefficient (Wildman–Crippen LogP) is 8.15. The molecule has 0 spiro atoms. The molecule has 0 N–H and O–H groups in total. The van der Waals surface area contributed by atoms with Crippen molar-refractivity contribution >= 4 is 5.97 Å². The molecule has 8 heteroatoms. The highest BCUT2D eigenvalue weighted by atomic mass is 19.2. The van der Waals surface area contributed by atoms with Gasteiger partial charge in [-0.1, -0.05) is 30.3 Å². The number of hydrogen-bond acceptors (Lipinski definition) is 4. The number of halogens is 4. The third kappa shape index (κ3) is 6.50. The van der Waals surface area contributed by atoms with Gasteiger partial charge < -0.3 is 14.2 Å². The molecular weight excluding hydrogens is 512 g/mol. The summed E-state index contributed by atoms with van der Waals surface area (Å²) in [6.07, 6.45) is 5.27. The van der Waals surface area contributed by atoms with E-state index in [1.165, 1.54) is 24.3 Å². The summed E-state index contributed by atoms with van der Waals surface area (Å²) in [5.74, 6) is -5.98. The highest BCUT2D eigenvalue weighted by Gasteiger charge is 2.27. The van der Waals surface area contributed by atoms with Gasteiger partial charge >= 0.3 is 5.97 Å². The second-order valence-electron chi connectivity index (χ2n) is 9.34. The molecule has 4 nitrogen and oxygen atoms in total. The number of esters is 1. The van der Waals surface area contributed by atoms with Gasteiger partial charge in [-0.15, -0.1) is 6.58 Å². The van der Waals surface area contributed by atoms with Crippen molar-refractivity contribution in [3.05, 3.63) is 95.6 Å². The van der Waals surface area contributed by atoms with Gasteiger partial charge in [0.1, 0.15) is 5.75 Å². The van der Waals surface area contributed by atoms with Crippen LogP contribution in [0.15, 0.2) is 61.2 Å². The molecule has 39 heavy (non-hydrogen) atoms. The largest absolute Gasteiger partial charge is 0.490 e. The van der Waals surface area contributed by atoms with E-state index < -0.39 is 34.8 Å². The van der Waals surface area contributed by atoms with E-state index in [4.69, 9.17) is 14.2 Å². The van der Waals surface area contributed by atoms with Crippen LogP contribution in [-0.2, 0) is 4.74 Å². The molecule has 0 heterocycles.